The third kappa shape index (κ3) is 2.09. The average Bonchev–Trinajstić information content (AvgIpc) is 3.10. The quantitative estimate of drug-likeness (QED) is 0.840. The molecule has 2 fully saturated rings. The number of benzene rings is 1. The van der Waals surface area contributed by atoms with Crippen molar-refractivity contribution >= 4 is 22.8 Å². The van der Waals surface area contributed by atoms with Crippen LogP contribution in [0.25, 0.3) is 10.9 Å². The number of amides is 1. The van der Waals surface area contributed by atoms with Gasteiger partial charge >= 0.3 is 5.97 Å². The Kier molecular flexibility index (Phi) is 3.52. The first-order valence-corrected chi connectivity index (χ1v) is 9.17. The number of H-pyrrole nitrogens is 1. The van der Waals surface area contributed by atoms with Gasteiger partial charge < -0.3 is 14.6 Å². The number of rotatable bonds is 2. The predicted molar refractivity (Wildman–Crippen MR) is 100 cm³/mol. The Labute approximate surface area is 153 Å². The minimum atomic E-state index is -0.538. The first kappa shape index (κ1) is 17.1. The van der Waals surface area contributed by atoms with E-state index < -0.39 is 5.41 Å². The van der Waals surface area contributed by atoms with E-state index in [4.69, 9.17) is 4.74 Å². The van der Waals surface area contributed by atoms with Crippen LogP contribution in [0.2, 0.25) is 0 Å². The lowest BCUT2D eigenvalue weighted by Gasteiger charge is -2.54. The molecule has 1 aliphatic carbocycles. The molecule has 4 rings (SSSR count). The van der Waals surface area contributed by atoms with Crippen LogP contribution in [0.15, 0.2) is 18.2 Å². The number of fused-ring (bicyclic) bond motifs is 2. The summed E-state index contributed by atoms with van der Waals surface area (Å²) < 4.78 is 5.09. The van der Waals surface area contributed by atoms with Gasteiger partial charge in [0.25, 0.3) is 5.91 Å². The number of carbonyl (C=O) groups excluding carboxylic acids is 2. The summed E-state index contributed by atoms with van der Waals surface area (Å²) in [7, 11) is 1.44. The fraction of sp³-hybridized carbons (Fsp3) is 0.524. The Balaban J connectivity index is 1.71. The van der Waals surface area contributed by atoms with Crippen molar-refractivity contribution in [1.82, 2.24) is 9.88 Å². The van der Waals surface area contributed by atoms with Crippen molar-refractivity contribution in [2.45, 2.75) is 34.1 Å². The second-order valence-electron chi connectivity index (χ2n) is 8.65. The van der Waals surface area contributed by atoms with E-state index in [1.165, 1.54) is 12.7 Å². The highest BCUT2D eigenvalue weighted by Crippen LogP contribution is 2.63. The van der Waals surface area contributed by atoms with Crippen molar-refractivity contribution < 1.29 is 14.3 Å². The van der Waals surface area contributed by atoms with Crippen LogP contribution in [0.3, 0.4) is 0 Å². The van der Waals surface area contributed by atoms with Crippen LogP contribution in [0.4, 0.5) is 0 Å². The summed E-state index contributed by atoms with van der Waals surface area (Å²) in [5.41, 5.74) is 3.33. The Bertz CT molecular complexity index is 927. The monoisotopic (exact) mass is 354 g/mol. The molecule has 1 N–H and O–H groups in total. The van der Waals surface area contributed by atoms with Crippen molar-refractivity contribution in [3.8, 4) is 0 Å². The largest absolute Gasteiger partial charge is 0.469 e. The lowest BCUT2D eigenvalue weighted by atomic mass is 9.48. The van der Waals surface area contributed by atoms with Gasteiger partial charge in [-0.3, -0.25) is 9.59 Å². The zero-order valence-electron chi connectivity index (χ0n) is 16.1. The number of aromatic amines is 1. The Morgan fingerprint density at radius 3 is 2.65 bits per heavy atom. The molecule has 138 valence electrons. The second kappa shape index (κ2) is 5.35. The Hall–Kier alpha value is -2.30. The molecule has 1 amide bonds. The number of hydrogen-bond donors (Lipinski definition) is 1. The van der Waals surface area contributed by atoms with Crippen molar-refractivity contribution in [3.63, 3.8) is 0 Å². The molecule has 0 unspecified atom stereocenters. The first-order chi connectivity index (χ1) is 12.2. The maximum absolute atomic E-state index is 13.3. The van der Waals surface area contributed by atoms with Crippen LogP contribution in [0.5, 0.6) is 0 Å². The highest BCUT2D eigenvalue weighted by Gasteiger charge is 2.68. The third-order valence-electron chi connectivity index (χ3n) is 6.71. The van der Waals surface area contributed by atoms with Gasteiger partial charge in [0, 0.05) is 24.2 Å². The van der Waals surface area contributed by atoms with Crippen LogP contribution in [0.1, 0.15) is 41.9 Å². The minimum absolute atomic E-state index is 0.00896. The number of nitrogens with one attached hydrogen (secondary N) is 1. The predicted octanol–water partition coefficient (Wildman–Crippen LogP) is 3.45. The summed E-state index contributed by atoms with van der Waals surface area (Å²) >= 11 is 0. The van der Waals surface area contributed by atoms with E-state index in [0.717, 1.165) is 23.0 Å². The number of hydrogen-bond acceptors (Lipinski definition) is 3. The molecule has 0 spiro atoms. The molecule has 1 saturated heterocycles. The number of esters is 1. The number of nitrogens with zero attached hydrogens (tertiary/aromatic N) is 1. The average molecular weight is 354 g/mol. The van der Waals surface area contributed by atoms with Crippen LogP contribution in [0, 0.1) is 30.6 Å². The number of aryl methyl sites for hydroxylation is 2. The number of likely N-dealkylation sites (tertiary alicyclic amines) is 1. The molecule has 0 radical (unpaired) electrons. The fourth-order valence-corrected chi connectivity index (χ4v) is 5.36. The molecule has 5 heteroatoms. The highest BCUT2D eigenvalue weighted by atomic mass is 16.5. The summed E-state index contributed by atoms with van der Waals surface area (Å²) in [6.45, 7) is 9.48. The zero-order chi connectivity index (χ0) is 18.9. The molecule has 0 bridgehead atoms. The van der Waals surface area contributed by atoms with Crippen LogP contribution in [-0.2, 0) is 9.53 Å². The summed E-state index contributed by atoms with van der Waals surface area (Å²) in [5.74, 6) is -0.0371. The van der Waals surface area contributed by atoms with Gasteiger partial charge in [-0.2, -0.15) is 0 Å². The van der Waals surface area contributed by atoms with Crippen molar-refractivity contribution in [3.05, 3.63) is 35.0 Å². The summed E-state index contributed by atoms with van der Waals surface area (Å²) in [4.78, 5) is 31.0. The lowest BCUT2D eigenvalue weighted by molar-refractivity contribution is -0.174. The Morgan fingerprint density at radius 1 is 1.27 bits per heavy atom. The van der Waals surface area contributed by atoms with E-state index >= 15 is 0 Å². The Morgan fingerprint density at radius 2 is 2.00 bits per heavy atom. The minimum Gasteiger partial charge on any atom is -0.469 e. The summed E-state index contributed by atoms with van der Waals surface area (Å²) in [6, 6.07) is 5.84. The molecule has 1 saturated carbocycles. The van der Waals surface area contributed by atoms with E-state index in [1.54, 1.807) is 0 Å². The molecular formula is C21H26N2O3. The lowest BCUT2D eigenvalue weighted by Crippen LogP contribution is -2.57. The first-order valence-electron chi connectivity index (χ1n) is 9.17. The third-order valence-corrected chi connectivity index (χ3v) is 6.71. The molecule has 2 heterocycles. The van der Waals surface area contributed by atoms with E-state index in [-0.39, 0.29) is 23.2 Å². The summed E-state index contributed by atoms with van der Waals surface area (Å²) in [6.07, 6.45) is 0.770. The van der Waals surface area contributed by atoms with Crippen molar-refractivity contribution in [1.29, 1.82) is 0 Å². The van der Waals surface area contributed by atoms with E-state index in [2.05, 4.69) is 25.8 Å². The molecule has 26 heavy (non-hydrogen) atoms. The van der Waals surface area contributed by atoms with E-state index in [9.17, 15) is 9.59 Å². The van der Waals surface area contributed by atoms with Crippen LogP contribution in [-0.4, -0.2) is 42.0 Å². The van der Waals surface area contributed by atoms with Gasteiger partial charge in [-0.15, -0.1) is 0 Å². The van der Waals surface area contributed by atoms with Crippen LogP contribution >= 0.6 is 0 Å². The van der Waals surface area contributed by atoms with E-state index in [1.807, 2.05) is 30.0 Å². The number of carbonyl (C=O) groups is 2. The SMILES string of the molecule is COC(=O)[C@@]12CN(C(=O)c3cccc4c(C)c(C)[nH]c34)C[C@@H]1C(C)(C)C2. The number of para-hydroxylation sites is 1. The van der Waals surface area contributed by atoms with Crippen molar-refractivity contribution in [2.24, 2.45) is 16.7 Å². The smallest absolute Gasteiger partial charge is 0.314 e. The van der Waals surface area contributed by atoms with Gasteiger partial charge in [0.2, 0.25) is 0 Å². The van der Waals surface area contributed by atoms with Gasteiger partial charge in [-0.25, -0.2) is 0 Å². The molecular weight excluding hydrogens is 328 g/mol. The van der Waals surface area contributed by atoms with Gasteiger partial charge in [0.05, 0.1) is 23.6 Å². The molecule has 1 aromatic carbocycles. The second-order valence-corrected chi connectivity index (χ2v) is 8.65. The molecule has 2 aliphatic rings. The van der Waals surface area contributed by atoms with Gasteiger partial charge in [-0.1, -0.05) is 26.0 Å². The molecule has 5 nitrogen and oxygen atoms in total. The number of aromatic nitrogens is 1. The maximum atomic E-state index is 13.3. The van der Waals surface area contributed by atoms with E-state index in [0.29, 0.717) is 18.7 Å². The van der Waals surface area contributed by atoms with Crippen LogP contribution < -0.4 is 0 Å². The number of ether oxygens (including phenoxy) is 1. The maximum Gasteiger partial charge on any atom is 0.314 e. The molecule has 2 atom stereocenters. The standard InChI is InChI=1S/C21H26N2O3/c1-12-13(2)22-17-14(12)7-6-8-15(17)18(24)23-9-16-20(3,4)10-21(16,11-23)19(25)26-5/h6-8,16,22H,9-11H2,1-5H3/t16-,21+/m1/s1. The zero-order valence-corrected chi connectivity index (χ0v) is 16.1. The van der Waals surface area contributed by atoms with Gasteiger partial charge in [-0.05, 0) is 43.2 Å². The van der Waals surface area contributed by atoms with Gasteiger partial charge in [0.15, 0.2) is 0 Å². The molecule has 2 aromatic rings. The normalized spacial score (nSPS) is 26.5. The van der Waals surface area contributed by atoms with Gasteiger partial charge in [0.1, 0.15) is 0 Å². The highest BCUT2D eigenvalue weighted by molar-refractivity contribution is 6.07. The molecule has 1 aliphatic heterocycles. The fourth-order valence-electron chi connectivity index (χ4n) is 5.36. The van der Waals surface area contributed by atoms with Crippen molar-refractivity contribution in [2.75, 3.05) is 20.2 Å². The molecule has 1 aromatic heterocycles. The summed E-state index contributed by atoms with van der Waals surface area (Å²) in [5, 5.41) is 1.08. The number of methoxy groups -OCH3 is 1. The topological polar surface area (TPSA) is 62.4 Å².